The molecule has 2 rings (SSSR count). The van der Waals surface area contributed by atoms with Crippen molar-refractivity contribution >= 4 is 29.9 Å². The van der Waals surface area contributed by atoms with Crippen molar-refractivity contribution in [3.05, 3.63) is 34.9 Å². The number of ether oxygens (including phenoxy) is 1. The van der Waals surface area contributed by atoms with Crippen LogP contribution in [0.3, 0.4) is 0 Å². The Bertz CT molecular complexity index is 465. The van der Waals surface area contributed by atoms with Crippen LogP contribution in [0.15, 0.2) is 23.2 Å². The third-order valence-corrected chi connectivity index (χ3v) is 3.73. The molecular weight excluding hydrogens is 389 g/mol. The average molecular weight is 417 g/mol. The summed E-state index contributed by atoms with van der Waals surface area (Å²) in [6, 6.07) is 6.70. The summed E-state index contributed by atoms with van der Waals surface area (Å²) in [5, 5.41) is 6.70. The molecule has 0 saturated carbocycles. The standard InChI is InChI=1S/C17H27N3O.HI/c1-13-9-14(2)11-15(10-13)6-7-19-17(18-3)20-12-16-5-4-8-21-16;/h9-11,16H,4-8,12H2,1-3H3,(H2,18,19,20);1H. The van der Waals surface area contributed by atoms with Crippen LogP contribution in [0.25, 0.3) is 0 Å². The molecule has 1 aromatic carbocycles. The fourth-order valence-electron chi connectivity index (χ4n) is 2.78. The van der Waals surface area contributed by atoms with Gasteiger partial charge in [0.05, 0.1) is 6.10 Å². The lowest BCUT2D eigenvalue weighted by molar-refractivity contribution is 0.114. The van der Waals surface area contributed by atoms with E-state index in [0.717, 1.165) is 38.5 Å². The van der Waals surface area contributed by atoms with Gasteiger partial charge in [-0.3, -0.25) is 4.99 Å². The summed E-state index contributed by atoms with van der Waals surface area (Å²) >= 11 is 0. The van der Waals surface area contributed by atoms with Crippen LogP contribution in [-0.4, -0.2) is 38.8 Å². The van der Waals surface area contributed by atoms with Crippen molar-refractivity contribution in [3.8, 4) is 0 Å². The van der Waals surface area contributed by atoms with Crippen molar-refractivity contribution in [2.75, 3.05) is 26.7 Å². The molecule has 0 aliphatic carbocycles. The largest absolute Gasteiger partial charge is 0.376 e. The highest BCUT2D eigenvalue weighted by atomic mass is 127. The van der Waals surface area contributed by atoms with E-state index in [0.29, 0.717) is 6.10 Å². The SMILES string of the molecule is CN=C(NCCc1cc(C)cc(C)c1)NCC1CCCO1.I. The molecule has 1 heterocycles. The van der Waals surface area contributed by atoms with Crippen LogP contribution in [0, 0.1) is 13.8 Å². The molecule has 124 valence electrons. The molecule has 22 heavy (non-hydrogen) atoms. The number of nitrogens with one attached hydrogen (secondary N) is 2. The van der Waals surface area contributed by atoms with E-state index in [4.69, 9.17) is 4.74 Å². The van der Waals surface area contributed by atoms with Crippen LogP contribution in [0.5, 0.6) is 0 Å². The van der Waals surface area contributed by atoms with Crippen LogP contribution < -0.4 is 10.6 Å². The van der Waals surface area contributed by atoms with E-state index in [1.54, 1.807) is 0 Å². The van der Waals surface area contributed by atoms with E-state index in [9.17, 15) is 0 Å². The molecule has 0 amide bonds. The van der Waals surface area contributed by atoms with E-state index < -0.39 is 0 Å². The van der Waals surface area contributed by atoms with Crippen LogP contribution in [0.2, 0.25) is 0 Å². The zero-order chi connectivity index (χ0) is 15.1. The number of halogens is 1. The number of benzene rings is 1. The van der Waals surface area contributed by atoms with E-state index in [-0.39, 0.29) is 24.0 Å². The Labute approximate surface area is 151 Å². The summed E-state index contributed by atoms with van der Waals surface area (Å²) in [6.07, 6.45) is 3.66. The number of rotatable bonds is 5. The second-order valence-corrected chi connectivity index (χ2v) is 5.76. The highest BCUT2D eigenvalue weighted by Gasteiger charge is 2.15. The Morgan fingerprint density at radius 3 is 2.55 bits per heavy atom. The summed E-state index contributed by atoms with van der Waals surface area (Å²) in [5.74, 6) is 0.856. The average Bonchev–Trinajstić information content (AvgIpc) is 2.94. The molecule has 1 aliphatic rings. The summed E-state index contributed by atoms with van der Waals surface area (Å²) in [7, 11) is 1.81. The van der Waals surface area contributed by atoms with Crippen LogP contribution >= 0.6 is 24.0 Å². The molecule has 1 unspecified atom stereocenters. The van der Waals surface area contributed by atoms with Gasteiger partial charge in [0.1, 0.15) is 0 Å². The smallest absolute Gasteiger partial charge is 0.191 e. The molecule has 0 aromatic heterocycles. The number of aryl methyl sites for hydroxylation is 2. The maximum absolute atomic E-state index is 5.60. The summed E-state index contributed by atoms with van der Waals surface area (Å²) in [6.45, 7) is 6.90. The number of hydrogen-bond donors (Lipinski definition) is 2. The molecule has 0 spiro atoms. The molecule has 1 aliphatic heterocycles. The number of hydrogen-bond acceptors (Lipinski definition) is 2. The van der Waals surface area contributed by atoms with Gasteiger partial charge in [-0.15, -0.1) is 24.0 Å². The minimum Gasteiger partial charge on any atom is -0.376 e. The number of aliphatic imine (C=N–C) groups is 1. The Hall–Kier alpha value is -0.820. The second-order valence-electron chi connectivity index (χ2n) is 5.76. The van der Waals surface area contributed by atoms with Crippen molar-refractivity contribution in [3.63, 3.8) is 0 Å². The number of guanidine groups is 1. The Morgan fingerprint density at radius 2 is 1.95 bits per heavy atom. The van der Waals surface area contributed by atoms with Gasteiger partial charge in [0.25, 0.3) is 0 Å². The molecular formula is C17H28IN3O. The first kappa shape index (κ1) is 19.2. The minimum atomic E-state index is 0. The first-order valence-corrected chi connectivity index (χ1v) is 7.80. The Balaban J connectivity index is 0.00000242. The first-order valence-electron chi connectivity index (χ1n) is 7.80. The second kappa shape index (κ2) is 10.0. The maximum atomic E-state index is 5.60. The fourth-order valence-corrected chi connectivity index (χ4v) is 2.78. The van der Waals surface area contributed by atoms with Gasteiger partial charge in [-0.2, -0.15) is 0 Å². The topological polar surface area (TPSA) is 45.7 Å². The predicted octanol–water partition coefficient (Wildman–Crippen LogP) is 2.81. The lowest BCUT2D eigenvalue weighted by atomic mass is 10.1. The van der Waals surface area contributed by atoms with Gasteiger partial charge in [-0.05, 0) is 38.7 Å². The van der Waals surface area contributed by atoms with Gasteiger partial charge < -0.3 is 15.4 Å². The molecule has 0 radical (unpaired) electrons. The van der Waals surface area contributed by atoms with Gasteiger partial charge in [-0.25, -0.2) is 0 Å². The highest BCUT2D eigenvalue weighted by Crippen LogP contribution is 2.10. The molecule has 4 nitrogen and oxygen atoms in total. The lowest BCUT2D eigenvalue weighted by Gasteiger charge is -2.15. The zero-order valence-electron chi connectivity index (χ0n) is 13.8. The molecule has 2 N–H and O–H groups in total. The normalized spacial score (nSPS) is 18.0. The van der Waals surface area contributed by atoms with Gasteiger partial charge >= 0.3 is 0 Å². The fraction of sp³-hybridized carbons (Fsp3) is 0.588. The zero-order valence-corrected chi connectivity index (χ0v) is 16.1. The molecule has 1 saturated heterocycles. The quantitative estimate of drug-likeness (QED) is 0.440. The van der Waals surface area contributed by atoms with E-state index in [1.807, 2.05) is 7.05 Å². The lowest BCUT2D eigenvalue weighted by Crippen LogP contribution is -2.41. The van der Waals surface area contributed by atoms with Crippen molar-refractivity contribution in [1.29, 1.82) is 0 Å². The summed E-state index contributed by atoms with van der Waals surface area (Å²) in [4.78, 5) is 4.25. The van der Waals surface area contributed by atoms with E-state index in [1.165, 1.54) is 23.1 Å². The molecule has 1 aromatic rings. The minimum absolute atomic E-state index is 0. The van der Waals surface area contributed by atoms with Gasteiger partial charge in [0, 0.05) is 26.7 Å². The Morgan fingerprint density at radius 1 is 1.23 bits per heavy atom. The van der Waals surface area contributed by atoms with Gasteiger partial charge in [0.2, 0.25) is 0 Å². The molecule has 1 fully saturated rings. The van der Waals surface area contributed by atoms with Gasteiger partial charge in [0.15, 0.2) is 5.96 Å². The summed E-state index contributed by atoms with van der Waals surface area (Å²) < 4.78 is 5.60. The van der Waals surface area contributed by atoms with E-state index >= 15 is 0 Å². The monoisotopic (exact) mass is 417 g/mol. The molecule has 0 bridgehead atoms. The van der Waals surface area contributed by atoms with E-state index in [2.05, 4.69) is 47.7 Å². The summed E-state index contributed by atoms with van der Waals surface area (Å²) in [5.41, 5.74) is 4.02. The predicted molar refractivity (Wildman–Crippen MR) is 103 cm³/mol. The Kier molecular flexibility index (Phi) is 8.78. The maximum Gasteiger partial charge on any atom is 0.191 e. The molecule has 1 atom stereocenters. The third kappa shape index (κ3) is 6.52. The van der Waals surface area contributed by atoms with Crippen molar-refractivity contribution in [2.45, 2.75) is 39.2 Å². The highest BCUT2D eigenvalue weighted by molar-refractivity contribution is 14.0. The van der Waals surface area contributed by atoms with Crippen LogP contribution in [0.4, 0.5) is 0 Å². The first-order chi connectivity index (χ1) is 10.2. The van der Waals surface area contributed by atoms with Crippen molar-refractivity contribution in [1.82, 2.24) is 10.6 Å². The van der Waals surface area contributed by atoms with Crippen LogP contribution in [0.1, 0.15) is 29.5 Å². The molecule has 5 heteroatoms. The van der Waals surface area contributed by atoms with Gasteiger partial charge in [-0.1, -0.05) is 29.3 Å². The van der Waals surface area contributed by atoms with Crippen molar-refractivity contribution in [2.24, 2.45) is 4.99 Å². The number of nitrogens with zero attached hydrogens (tertiary/aromatic N) is 1. The van der Waals surface area contributed by atoms with Crippen LogP contribution in [-0.2, 0) is 11.2 Å². The third-order valence-electron chi connectivity index (χ3n) is 3.73. The van der Waals surface area contributed by atoms with Crippen molar-refractivity contribution < 1.29 is 4.74 Å².